The molecule has 0 rings (SSSR count). The molecule has 0 aliphatic rings. The molecule has 0 aromatic rings. The van der Waals surface area contributed by atoms with Gasteiger partial charge in [0.2, 0.25) is 0 Å². The fourth-order valence-corrected chi connectivity index (χ4v) is 0.723. The zero-order valence-electron chi connectivity index (χ0n) is 7.98. The first-order valence-electron chi connectivity index (χ1n) is 4.09. The fraction of sp³-hybridized carbons (Fsp3) is 0.700. The van der Waals surface area contributed by atoms with Crippen molar-refractivity contribution in [3.63, 3.8) is 0 Å². The molecule has 0 saturated carbocycles. The van der Waals surface area contributed by atoms with Crippen molar-refractivity contribution in [2.45, 2.75) is 40.5 Å². The summed E-state index contributed by atoms with van der Waals surface area (Å²) in [7, 11) is 0. The van der Waals surface area contributed by atoms with Crippen molar-refractivity contribution in [1.29, 1.82) is 0 Å². The maximum absolute atomic E-state index is 10.5. The molecule has 0 bridgehead atoms. The summed E-state index contributed by atoms with van der Waals surface area (Å²) < 4.78 is 0. The van der Waals surface area contributed by atoms with Crippen molar-refractivity contribution in [3.05, 3.63) is 12.2 Å². The van der Waals surface area contributed by atoms with E-state index >= 15 is 0 Å². The van der Waals surface area contributed by atoms with E-state index in [4.69, 9.17) is 0 Å². The van der Waals surface area contributed by atoms with Gasteiger partial charge in [0, 0.05) is 6.42 Å². The molecule has 0 aliphatic heterocycles. The van der Waals surface area contributed by atoms with Crippen LogP contribution in [0.15, 0.2) is 12.2 Å². The number of carbonyl (C=O) groups is 1. The van der Waals surface area contributed by atoms with Gasteiger partial charge in [-0.2, -0.15) is 0 Å². The maximum atomic E-state index is 10.5. The van der Waals surface area contributed by atoms with Crippen LogP contribution in [0.25, 0.3) is 0 Å². The molecule has 0 amide bonds. The van der Waals surface area contributed by atoms with Crippen LogP contribution in [0.5, 0.6) is 0 Å². The van der Waals surface area contributed by atoms with Crippen molar-refractivity contribution in [3.8, 4) is 0 Å². The summed E-state index contributed by atoms with van der Waals surface area (Å²) in [6.45, 7) is 8.08. The Morgan fingerprint density at radius 2 is 1.91 bits per heavy atom. The number of carbonyl (C=O) groups excluding carboxylic acids is 1. The van der Waals surface area contributed by atoms with Crippen molar-refractivity contribution in [2.24, 2.45) is 5.41 Å². The monoisotopic (exact) mass is 154 g/mol. The zero-order valence-corrected chi connectivity index (χ0v) is 7.98. The Kier molecular flexibility index (Phi) is 4.09. The van der Waals surface area contributed by atoms with Crippen LogP contribution in [-0.4, -0.2) is 5.78 Å². The average Bonchev–Trinajstić information content (AvgIpc) is 1.78. The molecular formula is C10H18O. The summed E-state index contributed by atoms with van der Waals surface area (Å²) in [5.41, 5.74) is 0.247. The number of Topliss-reactive ketones (excluding diaryl/α,β-unsaturated/α-hetero) is 1. The largest absolute Gasteiger partial charge is 0.300 e. The van der Waals surface area contributed by atoms with Gasteiger partial charge in [0.1, 0.15) is 5.78 Å². The number of ketones is 1. The first-order chi connectivity index (χ1) is 4.92. The number of hydrogen-bond donors (Lipinski definition) is 0. The van der Waals surface area contributed by atoms with Gasteiger partial charge in [-0.25, -0.2) is 0 Å². The van der Waals surface area contributed by atoms with E-state index in [0.29, 0.717) is 6.42 Å². The molecule has 0 unspecified atom stereocenters. The van der Waals surface area contributed by atoms with Gasteiger partial charge in [0.15, 0.2) is 0 Å². The standard InChI is InChI=1S/C10H18O/c1-9(11)7-5-6-8-10(2,3)4/h6,8H,5,7H2,1-4H3/b8-6+. The van der Waals surface area contributed by atoms with Crippen molar-refractivity contribution < 1.29 is 4.79 Å². The molecule has 0 aliphatic carbocycles. The summed E-state index contributed by atoms with van der Waals surface area (Å²) >= 11 is 0. The Bertz CT molecular complexity index is 149. The zero-order chi connectivity index (χ0) is 8.91. The van der Waals surface area contributed by atoms with Crippen LogP contribution in [0.4, 0.5) is 0 Å². The molecule has 0 radical (unpaired) electrons. The molecule has 0 fully saturated rings. The lowest BCUT2D eigenvalue weighted by atomic mass is 9.96. The normalized spacial score (nSPS) is 12.4. The van der Waals surface area contributed by atoms with E-state index in [-0.39, 0.29) is 11.2 Å². The second kappa shape index (κ2) is 4.32. The van der Waals surface area contributed by atoms with E-state index in [1.165, 1.54) is 0 Å². The predicted octanol–water partition coefficient (Wildman–Crippen LogP) is 2.96. The topological polar surface area (TPSA) is 17.1 Å². The molecule has 64 valence electrons. The molecule has 1 heteroatoms. The molecule has 0 heterocycles. The summed E-state index contributed by atoms with van der Waals surface area (Å²) in [6, 6.07) is 0. The highest BCUT2D eigenvalue weighted by Crippen LogP contribution is 2.14. The first-order valence-corrected chi connectivity index (χ1v) is 4.09. The molecule has 0 saturated heterocycles. The average molecular weight is 154 g/mol. The first kappa shape index (κ1) is 10.4. The Labute approximate surface area is 69.5 Å². The smallest absolute Gasteiger partial charge is 0.130 e. The minimum Gasteiger partial charge on any atom is -0.300 e. The van der Waals surface area contributed by atoms with Gasteiger partial charge in [-0.15, -0.1) is 0 Å². The van der Waals surface area contributed by atoms with Gasteiger partial charge in [-0.3, -0.25) is 0 Å². The van der Waals surface area contributed by atoms with Crippen molar-refractivity contribution >= 4 is 5.78 Å². The Morgan fingerprint density at radius 1 is 1.36 bits per heavy atom. The number of hydrogen-bond acceptors (Lipinski definition) is 1. The highest BCUT2D eigenvalue weighted by molar-refractivity contribution is 5.75. The Morgan fingerprint density at radius 3 is 2.27 bits per heavy atom. The third kappa shape index (κ3) is 9.41. The number of rotatable bonds is 3. The van der Waals surface area contributed by atoms with E-state index in [2.05, 4.69) is 32.9 Å². The van der Waals surface area contributed by atoms with Crippen molar-refractivity contribution in [1.82, 2.24) is 0 Å². The van der Waals surface area contributed by atoms with Gasteiger partial charge < -0.3 is 4.79 Å². The Hall–Kier alpha value is -0.590. The predicted molar refractivity (Wildman–Crippen MR) is 48.5 cm³/mol. The molecule has 0 spiro atoms. The van der Waals surface area contributed by atoms with E-state index in [1.54, 1.807) is 6.92 Å². The molecule has 0 aromatic heterocycles. The van der Waals surface area contributed by atoms with E-state index in [1.807, 2.05) is 0 Å². The minimum absolute atomic E-state index is 0.247. The van der Waals surface area contributed by atoms with Gasteiger partial charge in [-0.05, 0) is 18.8 Å². The minimum atomic E-state index is 0.247. The van der Waals surface area contributed by atoms with E-state index in [9.17, 15) is 4.79 Å². The quantitative estimate of drug-likeness (QED) is 0.571. The lowest BCUT2D eigenvalue weighted by molar-refractivity contribution is -0.116. The number of allylic oxidation sites excluding steroid dienone is 2. The molecule has 0 aromatic carbocycles. The summed E-state index contributed by atoms with van der Waals surface area (Å²) in [5, 5.41) is 0. The van der Waals surface area contributed by atoms with Crippen LogP contribution in [-0.2, 0) is 4.79 Å². The van der Waals surface area contributed by atoms with Crippen LogP contribution >= 0.6 is 0 Å². The summed E-state index contributed by atoms with van der Waals surface area (Å²) in [6.07, 6.45) is 5.79. The lowest BCUT2D eigenvalue weighted by Gasteiger charge is -2.10. The summed E-state index contributed by atoms with van der Waals surface area (Å²) in [5.74, 6) is 0.267. The van der Waals surface area contributed by atoms with E-state index in [0.717, 1.165) is 6.42 Å². The third-order valence-electron chi connectivity index (χ3n) is 1.28. The second-order valence-corrected chi connectivity index (χ2v) is 4.01. The van der Waals surface area contributed by atoms with E-state index < -0.39 is 0 Å². The molecule has 1 nitrogen and oxygen atoms in total. The third-order valence-corrected chi connectivity index (χ3v) is 1.28. The lowest BCUT2D eigenvalue weighted by Crippen LogP contribution is -1.98. The maximum Gasteiger partial charge on any atom is 0.130 e. The highest BCUT2D eigenvalue weighted by Gasteiger charge is 2.02. The second-order valence-electron chi connectivity index (χ2n) is 4.01. The molecule has 0 atom stereocenters. The van der Waals surface area contributed by atoms with Crippen LogP contribution in [0.2, 0.25) is 0 Å². The Balaban J connectivity index is 3.54. The van der Waals surface area contributed by atoms with Gasteiger partial charge in [0.25, 0.3) is 0 Å². The van der Waals surface area contributed by atoms with Gasteiger partial charge in [0.05, 0.1) is 0 Å². The van der Waals surface area contributed by atoms with Crippen molar-refractivity contribution in [2.75, 3.05) is 0 Å². The summed E-state index contributed by atoms with van der Waals surface area (Å²) in [4.78, 5) is 10.5. The molecule has 11 heavy (non-hydrogen) atoms. The van der Waals surface area contributed by atoms with Gasteiger partial charge in [-0.1, -0.05) is 32.9 Å². The van der Waals surface area contributed by atoms with Crippen LogP contribution in [0, 0.1) is 5.41 Å². The highest BCUT2D eigenvalue weighted by atomic mass is 16.1. The van der Waals surface area contributed by atoms with Crippen LogP contribution in [0.1, 0.15) is 40.5 Å². The van der Waals surface area contributed by atoms with Gasteiger partial charge >= 0.3 is 0 Å². The molecular weight excluding hydrogens is 136 g/mol. The molecule has 0 N–H and O–H groups in total. The fourth-order valence-electron chi connectivity index (χ4n) is 0.723. The van der Waals surface area contributed by atoms with Crippen LogP contribution in [0.3, 0.4) is 0 Å². The van der Waals surface area contributed by atoms with Crippen LogP contribution < -0.4 is 0 Å². The SMILES string of the molecule is CC(=O)CC/C=C/C(C)(C)C.